The van der Waals surface area contributed by atoms with Crippen molar-refractivity contribution in [3.8, 4) is 5.75 Å². The molecule has 0 unspecified atom stereocenters. The van der Waals surface area contributed by atoms with Crippen LogP contribution in [0.3, 0.4) is 0 Å². The number of nitrogens with one attached hydrogen (secondary N) is 1. The van der Waals surface area contributed by atoms with E-state index >= 15 is 0 Å². The summed E-state index contributed by atoms with van der Waals surface area (Å²) in [4.78, 5) is 6.31. The molecular formula is C16H20N2O. The quantitative estimate of drug-likeness (QED) is 0.849. The van der Waals surface area contributed by atoms with E-state index in [0.717, 1.165) is 11.8 Å². The number of fused-ring (bicyclic) bond motifs is 4. The number of methoxy groups -OCH3 is 1. The fourth-order valence-electron chi connectivity index (χ4n) is 3.79. The third-order valence-corrected chi connectivity index (χ3v) is 4.79. The maximum Gasteiger partial charge on any atom is 0.120 e. The van der Waals surface area contributed by atoms with E-state index in [1.807, 2.05) is 0 Å². The number of aromatic amines is 1. The fraction of sp³-hybridized carbons (Fsp3) is 0.500. The molecule has 0 spiro atoms. The average molecular weight is 256 g/mol. The van der Waals surface area contributed by atoms with Crippen molar-refractivity contribution < 1.29 is 4.74 Å². The predicted octanol–water partition coefficient (Wildman–Crippen LogP) is 2.74. The zero-order valence-corrected chi connectivity index (χ0v) is 11.4. The Morgan fingerprint density at radius 1 is 1.32 bits per heavy atom. The van der Waals surface area contributed by atoms with Crippen molar-refractivity contribution in [2.75, 3.05) is 20.2 Å². The van der Waals surface area contributed by atoms with Crippen LogP contribution in [0.4, 0.5) is 0 Å². The standard InChI is InChI=1S/C16H20N2O/c1-19-12-4-5-13-14-6-8-18-7-2-3-11(18)9-15(14)17-16(13)10-12/h4-5,10-11,17H,2-3,6-9H2,1H3/t11-/m0/s1. The maximum atomic E-state index is 5.32. The van der Waals surface area contributed by atoms with Gasteiger partial charge in [0.2, 0.25) is 0 Å². The summed E-state index contributed by atoms with van der Waals surface area (Å²) >= 11 is 0. The fourth-order valence-corrected chi connectivity index (χ4v) is 3.79. The second-order valence-electron chi connectivity index (χ2n) is 5.78. The van der Waals surface area contributed by atoms with E-state index in [9.17, 15) is 0 Å². The Morgan fingerprint density at radius 3 is 3.16 bits per heavy atom. The highest BCUT2D eigenvalue weighted by Gasteiger charge is 2.29. The van der Waals surface area contributed by atoms with Crippen LogP contribution in [0.25, 0.3) is 10.9 Å². The number of hydrogen-bond acceptors (Lipinski definition) is 2. The van der Waals surface area contributed by atoms with E-state index in [4.69, 9.17) is 4.74 Å². The number of rotatable bonds is 1. The lowest BCUT2D eigenvalue weighted by atomic mass is 10.0. The van der Waals surface area contributed by atoms with Gasteiger partial charge in [0.1, 0.15) is 5.75 Å². The van der Waals surface area contributed by atoms with E-state index in [1.54, 1.807) is 7.11 Å². The Bertz CT molecular complexity index is 616. The van der Waals surface area contributed by atoms with Gasteiger partial charge in [-0.15, -0.1) is 0 Å². The SMILES string of the molecule is COc1ccc2c3c([nH]c2c1)C[C@@H]1CCCN1CC3. The number of hydrogen-bond donors (Lipinski definition) is 1. The molecule has 0 aliphatic carbocycles. The highest BCUT2D eigenvalue weighted by molar-refractivity contribution is 5.86. The minimum absolute atomic E-state index is 0.760. The molecule has 1 saturated heterocycles. The van der Waals surface area contributed by atoms with Crippen molar-refractivity contribution in [1.29, 1.82) is 0 Å². The highest BCUT2D eigenvalue weighted by Crippen LogP contribution is 2.32. The third-order valence-electron chi connectivity index (χ3n) is 4.79. The molecule has 2 aliphatic rings. The molecule has 0 saturated carbocycles. The van der Waals surface area contributed by atoms with Gasteiger partial charge in [-0.1, -0.05) is 0 Å². The van der Waals surface area contributed by atoms with Gasteiger partial charge in [0.05, 0.1) is 7.11 Å². The molecule has 1 aromatic carbocycles. The van der Waals surface area contributed by atoms with Gasteiger partial charge < -0.3 is 9.72 Å². The molecule has 2 aliphatic heterocycles. The van der Waals surface area contributed by atoms with Crippen molar-refractivity contribution in [2.45, 2.75) is 31.7 Å². The van der Waals surface area contributed by atoms with Crippen LogP contribution < -0.4 is 4.74 Å². The summed E-state index contributed by atoms with van der Waals surface area (Å²) in [5, 5.41) is 1.39. The molecule has 0 bridgehead atoms. The number of aromatic nitrogens is 1. The monoisotopic (exact) mass is 256 g/mol. The van der Waals surface area contributed by atoms with Crippen LogP contribution in [-0.2, 0) is 12.8 Å². The molecule has 2 aromatic rings. The summed E-state index contributed by atoms with van der Waals surface area (Å²) in [5.41, 5.74) is 4.22. The number of benzene rings is 1. The van der Waals surface area contributed by atoms with Gasteiger partial charge in [-0.3, -0.25) is 4.90 Å². The van der Waals surface area contributed by atoms with Crippen LogP contribution in [0, 0.1) is 0 Å². The van der Waals surface area contributed by atoms with Crippen LogP contribution in [-0.4, -0.2) is 36.1 Å². The van der Waals surface area contributed by atoms with Crippen LogP contribution in [0.15, 0.2) is 18.2 Å². The Morgan fingerprint density at radius 2 is 2.26 bits per heavy atom. The molecule has 0 radical (unpaired) electrons. The van der Waals surface area contributed by atoms with Crippen molar-refractivity contribution in [2.24, 2.45) is 0 Å². The van der Waals surface area contributed by atoms with Gasteiger partial charge in [-0.2, -0.15) is 0 Å². The molecule has 1 atom stereocenters. The molecule has 100 valence electrons. The van der Waals surface area contributed by atoms with Gasteiger partial charge in [-0.05, 0) is 43.5 Å². The maximum absolute atomic E-state index is 5.32. The first-order valence-corrected chi connectivity index (χ1v) is 7.26. The van der Waals surface area contributed by atoms with Gasteiger partial charge in [0.15, 0.2) is 0 Å². The molecule has 3 nitrogen and oxygen atoms in total. The topological polar surface area (TPSA) is 28.3 Å². The molecule has 19 heavy (non-hydrogen) atoms. The molecule has 0 amide bonds. The van der Waals surface area contributed by atoms with Crippen molar-refractivity contribution in [1.82, 2.24) is 9.88 Å². The molecule has 3 heteroatoms. The smallest absolute Gasteiger partial charge is 0.120 e. The first kappa shape index (κ1) is 11.4. The van der Waals surface area contributed by atoms with E-state index in [2.05, 4.69) is 28.1 Å². The first-order chi connectivity index (χ1) is 9.35. The first-order valence-electron chi connectivity index (χ1n) is 7.26. The zero-order chi connectivity index (χ0) is 12.8. The second kappa shape index (κ2) is 4.27. The molecular weight excluding hydrogens is 236 g/mol. The lowest BCUT2D eigenvalue weighted by Gasteiger charge is -2.20. The average Bonchev–Trinajstić information content (AvgIpc) is 2.97. The van der Waals surface area contributed by atoms with E-state index in [-0.39, 0.29) is 0 Å². The third kappa shape index (κ3) is 1.76. The Hall–Kier alpha value is -1.48. The predicted molar refractivity (Wildman–Crippen MR) is 76.9 cm³/mol. The molecule has 1 N–H and O–H groups in total. The Balaban J connectivity index is 1.79. The van der Waals surface area contributed by atoms with Crippen LogP contribution in [0.5, 0.6) is 5.75 Å². The number of H-pyrrole nitrogens is 1. The van der Waals surface area contributed by atoms with Gasteiger partial charge in [0.25, 0.3) is 0 Å². The van der Waals surface area contributed by atoms with Gasteiger partial charge in [-0.25, -0.2) is 0 Å². The lowest BCUT2D eigenvalue weighted by Crippen LogP contribution is -2.30. The normalized spacial score (nSPS) is 23.1. The van der Waals surface area contributed by atoms with Crippen LogP contribution in [0.2, 0.25) is 0 Å². The van der Waals surface area contributed by atoms with Crippen molar-refractivity contribution in [3.05, 3.63) is 29.5 Å². The van der Waals surface area contributed by atoms with Gasteiger partial charge in [0, 0.05) is 41.7 Å². The van der Waals surface area contributed by atoms with E-state index < -0.39 is 0 Å². The van der Waals surface area contributed by atoms with Crippen LogP contribution >= 0.6 is 0 Å². The minimum atomic E-state index is 0.760. The van der Waals surface area contributed by atoms with E-state index in [1.165, 1.54) is 60.9 Å². The Labute approximate surface area is 113 Å². The second-order valence-corrected chi connectivity index (χ2v) is 5.78. The van der Waals surface area contributed by atoms with E-state index in [0.29, 0.717) is 0 Å². The molecule has 1 fully saturated rings. The number of nitrogens with zero attached hydrogens (tertiary/aromatic N) is 1. The lowest BCUT2D eigenvalue weighted by molar-refractivity contribution is 0.263. The Kier molecular flexibility index (Phi) is 2.55. The highest BCUT2D eigenvalue weighted by atomic mass is 16.5. The van der Waals surface area contributed by atoms with Crippen LogP contribution in [0.1, 0.15) is 24.1 Å². The summed E-state index contributed by atoms with van der Waals surface area (Å²) < 4.78 is 5.32. The summed E-state index contributed by atoms with van der Waals surface area (Å²) in [5.74, 6) is 0.936. The number of ether oxygens (including phenoxy) is 1. The summed E-state index contributed by atoms with van der Waals surface area (Å²) in [6.07, 6.45) is 5.09. The minimum Gasteiger partial charge on any atom is -0.497 e. The van der Waals surface area contributed by atoms with Crippen molar-refractivity contribution >= 4 is 10.9 Å². The summed E-state index contributed by atoms with van der Waals surface area (Å²) in [6.45, 7) is 2.51. The molecule has 3 heterocycles. The molecule has 4 rings (SSSR count). The van der Waals surface area contributed by atoms with Gasteiger partial charge >= 0.3 is 0 Å². The van der Waals surface area contributed by atoms with Crippen molar-refractivity contribution in [3.63, 3.8) is 0 Å². The summed E-state index contributed by atoms with van der Waals surface area (Å²) in [6, 6.07) is 7.16. The summed E-state index contributed by atoms with van der Waals surface area (Å²) in [7, 11) is 1.73. The molecule has 1 aromatic heterocycles. The largest absolute Gasteiger partial charge is 0.497 e. The zero-order valence-electron chi connectivity index (χ0n) is 11.4.